The summed E-state index contributed by atoms with van der Waals surface area (Å²) in [5.41, 5.74) is 2.14. The number of hydrogen-bond donors (Lipinski definition) is 0. The van der Waals surface area contributed by atoms with Gasteiger partial charge in [-0.25, -0.2) is 0 Å². The first-order valence-electron chi connectivity index (χ1n) is 9.80. The van der Waals surface area contributed by atoms with Crippen molar-refractivity contribution in [3.63, 3.8) is 0 Å². The zero-order valence-corrected chi connectivity index (χ0v) is 17.3. The third kappa shape index (κ3) is 4.79. The molecular weight excluding hydrogens is 384 g/mol. The SMILES string of the molecule is Cc1ccc(OCc2nnc(SCC(=O)N3CCCC3)n2-c2ccccc2)cc1. The van der Waals surface area contributed by atoms with Crippen LogP contribution in [0.1, 0.15) is 24.2 Å². The summed E-state index contributed by atoms with van der Waals surface area (Å²) in [7, 11) is 0. The molecule has 0 bridgehead atoms. The second kappa shape index (κ2) is 9.13. The number of aryl methyl sites for hydroxylation is 1. The van der Waals surface area contributed by atoms with Crippen LogP contribution in [-0.2, 0) is 11.4 Å². The highest BCUT2D eigenvalue weighted by Crippen LogP contribution is 2.24. The van der Waals surface area contributed by atoms with Crippen LogP contribution >= 0.6 is 11.8 Å². The van der Waals surface area contributed by atoms with Gasteiger partial charge in [0.15, 0.2) is 11.0 Å². The van der Waals surface area contributed by atoms with Crippen LogP contribution in [0.5, 0.6) is 5.75 Å². The smallest absolute Gasteiger partial charge is 0.233 e. The molecule has 4 rings (SSSR count). The summed E-state index contributed by atoms with van der Waals surface area (Å²) in [5.74, 6) is 2.01. The lowest BCUT2D eigenvalue weighted by molar-refractivity contribution is -0.127. The third-order valence-corrected chi connectivity index (χ3v) is 5.80. The molecule has 6 nitrogen and oxygen atoms in total. The maximum atomic E-state index is 12.4. The molecule has 7 heteroatoms. The van der Waals surface area contributed by atoms with Gasteiger partial charge >= 0.3 is 0 Å². The molecule has 1 amide bonds. The van der Waals surface area contributed by atoms with Crippen LogP contribution < -0.4 is 4.74 Å². The van der Waals surface area contributed by atoms with Crippen molar-refractivity contribution in [1.29, 1.82) is 0 Å². The number of carbonyl (C=O) groups is 1. The molecule has 1 aliphatic rings. The van der Waals surface area contributed by atoms with Crippen LogP contribution in [0.25, 0.3) is 5.69 Å². The van der Waals surface area contributed by atoms with Gasteiger partial charge in [-0.15, -0.1) is 10.2 Å². The van der Waals surface area contributed by atoms with Gasteiger partial charge in [0.2, 0.25) is 5.91 Å². The molecule has 29 heavy (non-hydrogen) atoms. The van der Waals surface area contributed by atoms with E-state index in [4.69, 9.17) is 4.74 Å². The Labute approximate surface area is 174 Å². The van der Waals surface area contributed by atoms with E-state index in [-0.39, 0.29) is 5.91 Å². The highest BCUT2D eigenvalue weighted by molar-refractivity contribution is 7.99. The summed E-state index contributed by atoms with van der Waals surface area (Å²) in [6.45, 7) is 4.06. The van der Waals surface area contributed by atoms with E-state index in [0.717, 1.165) is 37.4 Å². The first-order valence-corrected chi connectivity index (χ1v) is 10.8. The Kier molecular flexibility index (Phi) is 6.14. The van der Waals surface area contributed by atoms with Crippen LogP contribution in [-0.4, -0.2) is 44.4 Å². The Bertz CT molecular complexity index is 951. The van der Waals surface area contributed by atoms with E-state index in [0.29, 0.717) is 23.3 Å². The number of rotatable bonds is 7. The second-order valence-corrected chi connectivity index (χ2v) is 7.99. The number of aromatic nitrogens is 3. The maximum Gasteiger partial charge on any atom is 0.233 e. The minimum absolute atomic E-state index is 0.160. The van der Waals surface area contributed by atoms with Crippen molar-refractivity contribution in [1.82, 2.24) is 19.7 Å². The highest BCUT2D eigenvalue weighted by Gasteiger charge is 2.20. The fourth-order valence-electron chi connectivity index (χ4n) is 3.29. The zero-order chi connectivity index (χ0) is 20.1. The van der Waals surface area contributed by atoms with Crippen LogP contribution in [0.3, 0.4) is 0 Å². The van der Waals surface area contributed by atoms with E-state index in [1.165, 1.54) is 17.3 Å². The Hall–Kier alpha value is -2.80. The summed E-state index contributed by atoms with van der Waals surface area (Å²) in [6.07, 6.45) is 2.19. The lowest BCUT2D eigenvalue weighted by atomic mass is 10.2. The molecule has 0 unspecified atom stereocenters. The average molecular weight is 409 g/mol. The minimum Gasteiger partial charge on any atom is -0.486 e. The number of ether oxygens (including phenoxy) is 1. The fourth-order valence-corrected chi connectivity index (χ4v) is 4.16. The van der Waals surface area contributed by atoms with E-state index >= 15 is 0 Å². The van der Waals surface area contributed by atoms with E-state index in [2.05, 4.69) is 10.2 Å². The second-order valence-electron chi connectivity index (χ2n) is 7.05. The van der Waals surface area contributed by atoms with Gasteiger partial charge in [0.05, 0.1) is 5.75 Å². The standard InChI is InChI=1S/C22H24N4O2S/c1-17-9-11-19(12-10-17)28-15-20-23-24-22(26(20)18-7-3-2-4-8-18)29-16-21(27)25-13-5-6-14-25/h2-4,7-12H,5-6,13-16H2,1H3. The van der Waals surface area contributed by atoms with Gasteiger partial charge in [0.25, 0.3) is 0 Å². The number of thioether (sulfide) groups is 1. The summed E-state index contributed by atoms with van der Waals surface area (Å²) < 4.78 is 7.89. The van der Waals surface area contributed by atoms with Crippen molar-refractivity contribution >= 4 is 17.7 Å². The quantitative estimate of drug-likeness (QED) is 0.556. The first kappa shape index (κ1) is 19.5. The molecular formula is C22H24N4O2S. The Morgan fingerprint density at radius 1 is 1.03 bits per heavy atom. The Balaban J connectivity index is 1.51. The fraction of sp³-hybridized carbons (Fsp3) is 0.318. The van der Waals surface area contributed by atoms with Crippen molar-refractivity contribution < 1.29 is 9.53 Å². The number of nitrogens with zero attached hydrogens (tertiary/aromatic N) is 4. The molecule has 0 spiro atoms. The molecule has 0 aliphatic carbocycles. The van der Waals surface area contributed by atoms with Crippen molar-refractivity contribution in [2.24, 2.45) is 0 Å². The van der Waals surface area contributed by atoms with Gasteiger partial charge < -0.3 is 9.64 Å². The summed E-state index contributed by atoms with van der Waals surface area (Å²) in [6, 6.07) is 17.9. The number of amides is 1. The summed E-state index contributed by atoms with van der Waals surface area (Å²) in [4.78, 5) is 14.4. The van der Waals surface area contributed by atoms with Crippen LogP contribution in [0.15, 0.2) is 59.8 Å². The molecule has 1 aliphatic heterocycles. The molecule has 0 radical (unpaired) electrons. The molecule has 0 atom stereocenters. The van der Waals surface area contributed by atoms with Gasteiger partial charge in [-0.3, -0.25) is 9.36 Å². The molecule has 1 fully saturated rings. The largest absolute Gasteiger partial charge is 0.486 e. The highest BCUT2D eigenvalue weighted by atomic mass is 32.2. The number of para-hydroxylation sites is 1. The number of likely N-dealkylation sites (tertiary alicyclic amines) is 1. The maximum absolute atomic E-state index is 12.4. The molecule has 3 aromatic rings. The molecule has 1 saturated heterocycles. The lowest BCUT2D eigenvalue weighted by Crippen LogP contribution is -2.29. The molecule has 150 valence electrons. The Morgan fingerprint density at radius 3 is 2.48 bits per heavy atom. The van der Waals surface area contributed by atoms with Crippen LogP contribution in [0.2, 0.25) is 0 Å². The van der Waals surface area contributed by atoms with Crippen LogP contribution in [0.4, 0.5) is 0 Å². The monoisotopic (exact) mass is 408 g/mol. The van der Waals surface area contributed by atoms with Gasteiger partial charge in [0, 0.05) is 18.8 Å². The third-order valence-electron chi connectivity index (χ3n) is 4.89. The van der Waals surface area contributed by atoms with Gasteiger partial charge in [-0.1, -0.05) is 47.7 Å². The summed E-state index contributed by atoms with van der Waals surface area (Å²) in [5, 5.41) is 9.39. The number of benzene rings is 2. The Morgan fingerprint density at radius 2 is 1.76 bits per heavy atom. The van der Waals surface area contributed by atoms with Crippen molar-refractivity contribution in [2.75, 3.05) is 18.8 Å². The van der Waals surface area contributed by atoms with Gasteiger partial charge in [0.1, 0.15) is 12.4 Å². The summed E-state index contributed by atoms with van der Waals surface area (Å²) >= 11 is 1.42. The zero-order valence-electron chi connectivity index (χ0n) is 16.5. The molecule has 0 N–H and O–H groups in total. The van der Waals surface area contributed by atoms with Crippen molar-refractivity contribution in [3.8, 4) is 11.4 Å². The van der Waals surface area contributed by atoms with Crippen LogP contribution in [0, 0.1) is 6.92 Å². The number of carbonyl (C=O) groups excluding carboxylic acids is 1. The molecule has 1 aromatic heterocycles. The molecule has 2 aromatic carbocycles. The topological polar surface area (TPSA) is 60.3 Å². The average Bonchev–Trinajstić information content (AvgIpc) is 3.42. The minimum atomic E-state index is 0.160. The molecule has 2 heterocycles. The van der Waals surface area contributed by atoms with Gasteiger partial charge in [-0.2, -0.15) is 0 Å². The molecule has 0 saturated carbocycles. The lowest BCUT2D eigenvalue weighted by Gasteiger charge is -2.15. The van der Waals surface area contributed by atoms with Crippen molar-refractivity contribution in [3.05, 3.63) is 66.0 Å². The normalized spacial score (nSPS) is 13.6. The van der Waals surface area contributed by atoms with Gasteiger partial charge in [-0.05, 0) is 44.0 Å². The number of hydrogen-bond acceptors (Lipinski definition) is 5. The predicted molar refractivity (Wildman–Crippen MR) is 113 cm³/mol. The predicted octanol–water partition coefficient (Wildman–Crippen LogP) is 3.87. The first-order chi connectivity index (χ1) is 14.2. The van der Waals surface area contributed by atoms with Crippen molar-refractivity contribution in [2.45, 2.75) is 31.5 Å². The van der Waals surface area contributed by atoms with E-state index < -0.39 is 0 Å². The van der Waals surface area contributed by atoms with E-state index in [1.54, 1.807) is 0 Å². The van der Waals surface area contributed by atoms with E-state index in [1.807, 2.05) is 71.0 Å². The van der Waals surface area contributed by atoms with E-state index in [9.17, 15) is 4.79 Å².